The van der Waals surface area contributed by atoms with Crippen LogP contribution in [0.1, 0.15) is 5.56 Å². The lowest BCUT2D eigenvalue weighted by molar-refractivity contribution is 0.206. The molecule has 1 aliphatic heterocycles. The van der Waals surface area contributed by atoms with Crippen molar-refractivity contribution >= 4 is 0 Å². The molecule has 4 nitrogen and oxygen atoms in total. The molecule has 1 atom stereocenters. The normalized spacial score (nSPS) is 18.8. The van der Waals surface area contributed by atoms with Crippen LogP contribution in [0.15, 0.2) is 54.4 Å². The molecule has 0 amide bonds. The van der Waals surface area contributed by atoms with Crippen molar-refractivity contribution in [2.45, 2.75) is 12.8 Å². The molecule has 0 saturated heterocycles. The van der Waals surface area contributed by atoms with Gasteiger partial charge in [0.1, 0.15) is 18.5 Å². The molecule has 0 spiro atoms. The first-order valence-corrected chi connectivity index (χ1v) is 5.16. The second kappa shape index (κ2) is 5.34. The SMILES string of the molecule is NNC1C=C(OCc2ccccc2)C=CN1. The lowest BCUT2D eigenvalue weighted by Crippen LogP contribution is -2.43. The van der Waals surface area contributed by atoms with Crippen LogP contribution in [-0.2, 0) is 11.3 Å². The molecule has 0 fully saturated rings. The monoisotopic (exact) mass is 217 g/mol. The summed E-state index contributed by atoms with van der Waals surface area (Å²) in [6, 6.07) is 10.0. The van der Waals surface area contributed by atoms with Gasteiger partial charge in [-0.15, -0.1) is 0 Å². The van der Waals surface area contributed by atoms with Crippen molar-refractivity contribution in [3.63, 3.8) is 0 Å². The fourth-order valence-electron chi connectivity index (χ4n) is 1.44. The largest absolute Gasteiger partial charge is 0.489 e. The molecule has 1 unspecified atom stereocenters. The number of hydrogen-bond acceptors (Lipinski definition) is 4. The van der Waals surface area contributed by atoms with Crippen molar-refractivity contribution in [3.05, 3.63) is 60.0 Å². The van der Waals surface area contributed by atoms with Crippen molar-refractivity contribution in [3.8, 4) is 0 Å². The molecule has 1 heterocycles. The van der Waals surface area contributed by atoms with E-state index in [1.807, 2.05) is 48.7 Å². The topological polar surface area (TPSA) is 59.3 Å². The number of benzene rings is 1. The van der Waals surface area contributed by atoms with Crippen molar-refractivity contribution in [1.29, 1.82) is 0 Å². The van der Waals surface area contributed by atoms with Crippen LogP contribution >= 0.6 is 0 Å². The van der Waals surface area contributed by atoms with Crippen LogP contribution in [0.4, 0.5) is 0 Å². The third kappa shape index (κ3) is 2.85. The molecular formula is C12H15N3O. The van der Waals surface area contributed by atoms with E-state index < -0.39 is 0 Å². The Morgan fingerprint density at radius 2 is 2.12 bits per heavy atom. The zero-order valence-electron chi connectivity index (χ0n) is 8.89. The summed E-state index contributed by atoms with van der Waals surface area (Å²) < 4.78 is 5.64. The van der Waals surface area contributed by atoms with Gasteiger partial charge < -0.3 is 10.1 Å². The van der Waals surface area contributed by atoms with E-state index in [0.717, 1.165) is 11.3 Å². The van der Waals surface area contributed by atoms with Gasteiger partial charge in [0.15, 0.2) is 0 Å². The molecule has 0 saturated carbocycles. The van der Waals surface area contributed by atoms with Gasteiger partial charge in [-0.25, -0.2) is 5.43 Å². The van der Waals surface area contributed by atoms with Crippen molar-refractivity contribution < 1.29 is 4.74 Å². The molecule has 4 heteroatoms. The number of allylic oxidation sites excluding steroid dienone is 1. The number of hydrogen-bond donors (Lipinski definition) is 3. The second-order valence-electron chi connectivity index (χ2n) is 3.49. The maximum atomic E-state index is 5.64. The Bertz CT molecular complexity index is 387. The lowest BCUT2D eigenvalue weighted by Gasteiger charge is -2.18. The predicted octanol–water partition coefficient (Wildman–Crippen LogP) is 0.993. The highest BCUT2D eigenvalue weighted by Crippen LogP contribution is 2.09. The first-order chi connectivity index (χ1) is 7.88. The van der Waals surface area contributed by atoms with Crippen LogP contribution in [0.25, 0.3) is 0 Å². The van der Waals surface area contributed by atoms with Gasteiger partial charge in [-0.05, 0) is 17.7 Å². The van der Waals surface area contributed by atoms with Crippen LogP contribution in [0, 0.1) is 0 Å². The maximum Gasteiger partial charge on any atom is 0.120 e. The number of dihydropyridines is 1. The summed E-state index contributed by atoms with van der Waals surface area (Å²) in [6.45, 7) is 0.564. The van der Waals surface area contributed by atoms with Gasteiger partial charge in [0, 0.05) is 6.20 Å². The summed E-state index contributed by atoms with van der Waals surface area (Å²) >= 11 is 0. The van der Waals surface area contributed by atoms with Crippen LogP contribution in [-0.4, -0.2) is 6.17 Å². The number of ether oxygens (including phenoxy) is 1. The number of nitrogens with two attached hydrogens (primary N) is 1. The molecule has 16 heavy (non-hydrogen) atoms. The van der Waals surface area contributed by atoms with E-state index in [2.05, 4.69) is 10.7 Å². The molecule has 0 aliphatic carbocycles. The minimum atomic E-state index is -0.0734. The number of nitrogens with one attached hydrogen (secondary N) is 2. The lowest BCUT2D eigenvalue weighted by atomic mass is 10.2. The smallest absolute Gasteiger partial charge is 0.120 e. The zero-order chi connectivity index (χ0) is 11.2. The molecule has 1 aromatic rings. The maximum absolute atomic E-state index is 5.64. The number of rotatable bonds is 4. The Hall–Kier alpha value is -1.78. The summed E-state index contributed by atoms with van der Waals surface area (Å²) in [7, 11) is 0. The summed E-state index contributed by atoms with van der Waals surface area (Å²) in [6.07, 6.45) is 5.50. The molecule has 84 valence electrons. The third-order valence-corrected chi connectivity index (χ3v) is 2.28. The van der Waals surface area contributed by atoms with Crippen LogP contribution in [0.2, 0.25) is 0 Å². The fourth-order valence-corrected chi connectivity index (χ4v) is 1.44. The van der Waals surface area contributed by atoms with Gasteiger partial charge in [-0.2, -0.15) is 0 Å². The Balaban J connectivity index is 1.91. The van der Waals surface area contributed by atoms with Crippen LogP contribution in [0.3, 0.4) is 0 Å². The van der Waals surface area contributed by atoms with E-state index in [-0.39, 0.29) is 6.17 Å². The van der Waals surface area contributed by atoms with Crippen LogP contribution < -0.4 is 16.6 Å². The van der Waals surface area contributed by atoms with Gasteiger partial charge in [0.25, 0.3) is 0 Å². The summed E-state index contributed by atoms with van der Waals surface area (Å²) in [5, 5.41) is 3.02. The Morgan fingerprint density at radius 1 is 1.31 bits per heavy atom. The number of hydrazine groups is 1. The van der Waals surface area contributed by atoms with Crippen molar-refractivity contribution in [1.82, 2.24) is 10.7 Å². The minimum Gasteiger partial charge on any atom is -0.489 e. The fraction of sp³-hybridized carbons (Fsp3) is 0.167. The van der Waals surface area contributed by atoms with E-state index >= 15 is 0 Å². The summed E-state index contributed by atoms with van der Waals surface area (Å²) in [4.78, 5) is 0. The molecule has 4 N–H and O–H groups in total. The van der Waals surface area contributed by atoms with Gasteiger partial charge >= 0.3 is 0 Å². The minimum absolute atomic E-state index is 0.0734. The van der Waals surface area contributed by atoms with Gasteiger partial charge in [-0.3, -0.25) is 5.84 Å². The Labute approximate surface area is 94.8 Å². The Kier molecular flexibility index (Phi) is 3.58. The molecule has 1 aromatic carbocycles. The van der Waals surface area contributed by atoms with Crippen molar-refractivity contribution in [2.24, 2.45) is 5.84 Å². The predicted molar refractivity (Wildman–Crippen MR) is 62.7 cm³/mol. The average molecular weight is 217 g/mol. The zero-order valence-corrected chi connectivity index (χ0v) is 8.89. The molecule has 0 bridgehead atoms. The third-order valence-electron chi connectivity index (χ3n) is 2.28. The van der Waals surface area contributed by atoms with Gasteiger partial charge in [0.2, 0.25) is 0 Å². The highest BCUT2D eigenvalue weighted by atomic mass is 16.5. The van der Waals surface area contributed by atoms with E-state index in [1.54, 1.807) is 0 Å². The van der Waals surface area contributed by atoms with Crippen LogP contribution in [0.5, 0.6) is 0 Å². The summed E-state index contributed by atoms with van der Waals surface area (Å²) in [5.74, 6) is 6.14. The molecule has 0 radical (unpaired) electrons. The Morgan fingerprint density at radius 3 is 2.88 bits per heavy atom. The van der Waals surface area contributed by atoms with E-state index in [0.29, 0.717) is 6.61 Å². The summed E-state index contributed by atoms with van der Waals surface area (Å²) in [5.41, 5.74) is 3.76. The average Bonchev–Trinajstić information content (AvgIpc) is 2.38. The second-order valence-corrected chi connectivity index (χ2v) is 3.49. The van der Waals surface area contributed by atoms with Gasteiger partial charge in [0.05, 0.1) is 0 Å². The molecule has 2 rings (SSSR count). The standard InChI is InChI=1S/C12H15N3O/c13-15-12-8-11(6-7-14-12)16-9-10-4-2-1-3-5-10/h1-8,12,14-15H,9,13H2. The van der Waals surface area contributed by atoms with Crippen molar-refractivity contribution in [2.75, 3.05) is 0 Å². The highest BCUT2D eigenvalue weighted by molar-refractivity contribution is 5.20. The van der Waals surface area contributed by atoms with E-state index in [1.165, 1.54) is 0 Å². The first-order valence-electron chi connectivity index (χ1n) is 5.16. The van der Waals surface area contributed by atoms with Gasteiger partial charge in [-0.1, -0.05) is 30.3 Å². The van der Waals surface area contributed by atoms with E-state index in [4.69, 9.17) is 10.6 Å². The van der Waals surface area contributed by atoms with E-state index in [9.17, 15) is 0 Å². The molecule has 1 aliphatic rings. The quantitative estimate of drug-likeness (QED) is 0.520. The molecular weight excluding hydrogens is 202 g/mol. The molecule has 0 aromatic heterocycles. The highest BCUT2D eigenvalue weighted by Gasteiger charge is 2.06. The first kappa shape index (κ1) is 10.7.